The fourth-order valence-corrected chi connectivity index (χ4v) is 0. The molecule has 0 aliphatic heterocycles. The molecule has 0 heterocycles. The van der Waals surface area contributed by atoms with E-state index in [2.05, 4.69) is 0 Å². The quantitative estimate of drug-likeness (QED) is 0.223. The third-order valence-electron chi connectivity index (χ3n) is 0. The van der Waals surface area contributed by atoms with Gasteiger partial charge in [-0.3, -0.25) is 0 Å². The van der Waals surface area contributed by atoms with Gasteiger partial charge in [0, 0.05) is 0 Å². The Morgan fingerprint density at radius 1 is 1.50 bits per heavy atom. The summed E-state index contributed by atoms with van der Waals surface area (Å²) in [6.07, 6.45) is 0. The molecule has 0 aliphatic rings. The summed E-state index contributed by atoms with van der Waals surface area (Å²) in [5, 5.41) is 13.6. The van der Waals surface area contributed by atoms with Crippen molar-refractivity contribution in [2.24, 2.45) is 0 Å². The molecule has 2 radical (unpaired) electrons. The van der Waals surface area contributed by atoms with Crippen molar-refractivity contribution >= 4 is 36.3 Å². The van der Waals surface area contributed by atoms with E-state index in [4.69, 9.17) is 25.1 Å². The zero-order valence-electron chi connectivity index (χ0n) is 3.60. The Kier molecular flexibility index (Phi) is 30.9. The van der Waals surface area contributed by atoms with Gasteiger partial charge in [-0.1, -0.05) is 0 Å². The Bertz CT molecular complexity index is 43.7. The zero-order valence-corrected chi connectivity index (χ0v) is 8.65. The first-order valence-corrected chi connectivity index (χ1v) is 1.98. The summed E-state index contributed by atoms with van der Waals surface area (Å²) in [5.74, 6) is 0. The van der Waals surface area contributed by atoms with Crippen molar-refractivity contribution in [2.45, 2.75) is 0 Å². The fraction of sp³-hybridized carbons (Fsp3) is 0. The van der Waals surface area contributed by atoms with Gasteiger partial charge in [0.2, 0.25) is 0 Å². The van der Waals surface area contributed by atoms with Gasteiger partial charge in [-0.2, -0.15) is 0 Å². The molecule has 0 unspecified atom stereocenters. The predicted molar refractivity (Wildman–Crippen MR) is 24.2 cm³/mol. The number of nitrogens with zero attached hydrogens (tertiary/aromatic N) is 1. The Morgan fingerprint density at radius 2 is 1.50 bits per heavy atom. The molecule has 46 valence electrons. The van der Waals surface area contributed by atoms with Crippen molar-refractivity contribution in [3.8, 4) is 0 Å². The molecule has 6 nitrogen and oxygen atoms in total. The topological polar surface area (TPSA) is 109 Å². The summed E-state index contributed by atoms with van der Waals surface area (Å²) < 4.78 is 0. The molecular formula is H3NO5PPb+. The molecule has 8 heavy (non-hydrogen) atoms. The molecule has 0 bridgehead atoms. The van der Waals surface area contributed by atoms with Gasteiger partial charge in [0.25, 0.3) is 5.09 Å². The average molecular weight is 335 g/mol. The third kappa shape index (κ3) is 870. The van der Waals surface area contributed by atoms with E-state index < -0.39 is 14.1 Å². The molecule has 0 amide bonds. The molecule has 0 saturated carbocycles. The summed E-state index contributed by atoms with van der Waals surface area (Å²) in [4.78, 5) is 25.3. The summed E-state index contributed by atoms with van der Waals surface area (Å²) in [6.45, 7) is 0. The number of hydrogen-bond acceptors (Lipinski definition) is 4. The van der Waals surface area contributed by atoms with Crippen molar-refractivity contribution in [1.82, 2.24) is 0 Å². The van der Waals surface area contributed by atoms with Crippen molar-refractivity contribution in [3.05, 3.63) is 10.1 Å². The fourth-order valence-electron chi connectivity index (χ4n) is 0. The molecule has 0 aromatic heterocycles. The summed E-state index contributed by atoms with van der Waals surface area (Å²) in [7, 11) is -1.75. The minimum atomic E-state index is -1.75. The van der Waals surface area contributed by atoms with Gasteiger partial charge in [-0.15, -0.1) is 19.1 Å². The van der Waals surface area contributed by atoms with Gasteiger partial charge >= 0.3 is 27.3 Å². The molecule has 0 rings (SSSR count). The maximum atomic E-state index is 8.46. The van der Waals surface area contributed by atoms with Crippen LogP contribution in [0.4, 0.5) is 0 Å². The van der Waals surface area contributed by atoms with Crippen LogP contribution >= 0.6 is 9.03 Å². The standard InChI is InChI=1S/HNO3.H2O2P.Pb/c2-1(3)4;1-3-2;/h(H,2,3,4);3H2;/q;-1;+2. The maximum absolute atomic E-state index is 8.46. The monoisotopic (exact) mass is 336 g/mol. The van der Waals surface area contributed by atoms with Crippen molar-refractivity contribution in [2.75, 3.05) is 0 Å². The minimum absolute atomic E-state index is 0. The van der Waals surface area contributed by atoms with E-state index >= 15 is 0 Å². The van der Waals surface area contributed by atoms with Crippen molar-refractivity contribution < 1.29 is 20.1 Å². The molecule has 0 aromatic rings. The average Bonchev–Trinajstić information content (AvgIpc) is 1.33. The molecule has 0 aliphatic carbocycles. The zero-order chi connectivity index (χ0) is 6.28. The second-order valence-electron chi connectivity index (χ2n) is 0.334. The first-order valence-electron chi connectivity index (χ1n) is 1.04. The van der Waals surface area contributed by atoms with Crippen LogP contribution in [0.1, 0.15) is 0 Å². The first-order chi connectivity index (χ1) is 3.15. The summed E-state index contributed by atoms with van der Waals surface area (Å²) in [6, 6.07) is 0. The van der Waals surface area contributed by atoms with Crippen LogP contribution < -0.4 is 9.79 Å². The molecule has 8 heteroatoms. The Morgan fingerprint density at radius 3 is 1.50 bits per heavy atom. The molecule has 0 saturated heterocycles. The van der Waals surface area contributed by atoms with E-state index in [9.17, 15) is 0 Å². The first kappa shape index (κ1) is 15.8. The molecule has 0 spiro atoms. The Labute approximate surface area is 66.7 Å². The van der Waals surface area contributed by atoms with Gasteiger partial charge in [-0.05, 0) is 0 Å². The van der Waals surface area contributed by atoms with Crippen molar-refractivity contribution in [1.29, 1.82) is 0 Å². The maximum Gasteiger partial charge on any atom is 2.00 e. The van der Waals surface area contributed by atoms with Crippen LogP contribution in [0, 0.1) is 10.1 Å². The van der Waals surface area contributed by atoms with Gasteiger partial charge in [0.1, 0.15) is 0 Å². The van der Waals surface area contributed by atoms with Crippen LogP contribution in [0.2, 0.25) is 0 Å². The van der Waals surface area contributed by atoms with Crippen LogP contribution in [-0.2, 0) is 0 Å². The van der Waals surface area contributed by atoms with E-state index in [0.717, 1.165) is 0 Å². The van der Waals surface area contributed by atoms with Crippen LogP contribution in [-0.4, -0.2) is 37.6 Å². The molecule has 0 atom stereocenters. The van der Waals surface area contributed by atoms with Gasteiger partial charge < -0.3 is 15.0 Å². The van der Waals surface area contributed by atoms with E-state index in [1.807, 2.05) is 0 Å². The Balaban J connectivity index is -0.0000000575. The summed E-state index contributed by atoms with van der Waals surface area (Å²) in [5.41, 5.74) is 0. The van der Waals surface area contributed by atoms with Crippen molar-refractivity contribution in [3.63, 3.8) is 0 Å². The molecule has 1 N–H and O–H groups in total. The number of hydrogen-bond donors (Lipinski definition) is 1. The minimum Gasteiger partial charge on any atom is -0.687 e. The molecule has 0 fully saturated rings. The predicted octanol–water partition coefficient (Wildman–Crippen LogP) is -2.78. The Hall–Kier alpha value is 0.472. The van der Waals surface area contributed by atoms with Crippen LogP contribution in [0.15, 0.2) is 0 Å². The largest absolute Gasteiger partial charge is 2.00 e. The van der Waals surface area contributed by atoms with Gasteiger partial charge in [-0.25, -0.2) is 0 Å². The smallest absolute Gasteiger partial charge is 0.687 e. The summed E-state index contributed by atoms with van der Waals surface area (Å²) >= 11 is 0. The number of rotatable bonds is 0. The SMILES string of the molecule is O=[N+]([O-])O.[O-][PH2+][O-].[Pb+2]. The van der Waals surface area contributed by atoms with Crippen LogP contribution in [0.5, 0.6) is 0 Å². The van der Waals surface area contributed by atoms with E-state index in [-0.39, 0.29) is 27.3 Å². The second-order valence-corrected chi connectivity index (χ2v) is 0.527. The van der Waals surface area contributed by atoms with E-state index in [0.29, 0.717) is 0 Å². The molecular weight excluding hydrogens is 332 g/mol. The molecule has 0 aromatic carbocycles. The van der Waals surface area contributed by atoms with Crippen LogP contribution in [0.25, 0.3) is 0 Å². The van der Waals surface area contributed by atoms with Crippen LogP contribution in [0.3, 0.4) is 0 Å². The van der Waals surface area contributed by atoms with E-state index in [1.54, 1.807) is 0 Å². The van der Waals surface area contributed by atoms with Gasteiger partial charge in [0.15, 0.2) is 0 Å². The third-order valence-corrected chi connectivity index (χ3v) is 0. The second kappa shape index (κ2) is 15.6. The van der Waals surface area contributed by atoms with E-state index in [1.165, 1.54) is 0 Å². The normalized spacial score (nSPS) is 5.25. The van der Waals surface area contributed by atoms with Gasteiger partial charge in [0.05, 0.1) is 0 Å².